The first-order valence-corrected chi connectivity index (χ1v) is 9.06. The molecule has 0 spiro atoms. The number of methoxy groups -OCH3 is 1. The number of amides is 1. The van der Waals surface area contributed by atoms with Crippen LogP contribution in [-0.4, -0.2) is 56.7 Å². The molecule has 0 aliphatic carbocycles. The molecule has 0 aromatic heterocycles. The number of aliphatic imine (C=N–C) groups is 1. The van der Waals surface area contributed by atoms with E-state index < -0.39 is 0 Å². The van der Waals surface area contributed by atoms with Gasteiger partial charge >= 0.3 is 0 Å². The van der Waals surface area contributed by atoms with Crippen LogP contribution in [0.4, 0.5) is 0 Å². The molecule has 0 unspecified atom stereocenters. The monoisotopic (exact) mass is 352 g/mol. The zero-order chi connectivity index (χ0) is 18.0. The van der Waals surface area contributed by atoms with Gasteiger partial charge < -0.3 is 20.7 Å². The van der Waals surface area contributed by atoms with Gasteiger partial charge in [0.25, 0.3) is 5.91 Å². The second-order valence-electron chi connectivity index (χ2n) is 5.80. The van der Waals surface area contributed by atoms with Crippen molar-refractivity contribution in [1.82, 2.24) is 16.0 Å². The van der Waals surface area contributed by atoms with Gasteiger partial charge in [-0.15, -0.1) is 0 Å². The molecule has 0 bridgehead atoms. The molecule has 0 heterocycles. The number of rotatable bonds is 8. The van der Waals surface area contributed by atoms with Gasteiger partial charge in [0, 0.05) is 37.0 Å². The Morgan fingerprint density at radius 2 is 1.79 bits per heavy atom. The molecule has 1 aromatic carbocycles. The normalized spacial score (nSPS) is 11.8. The van der Waals surface area contributed by atoms with Gasteiger partial charge in [-0.2, -0.15) is 11.8 Å². The molecule has 24 heavy (non-hydrogen) atoms. The quantitative estimate of drug-likeness (QED) is 0.377. The van der Waals surface area contributed by atoms with Crippen molar-refractivity contribution in [1.29, 1.82) is 0 Å². The number of benzene rings is 1. The first kappa shape index (κ1) is 20.2. The Morgan fingerprint density at radius 3 is 2.33 bits per heavy atom. The fraction of sp³-hybridized carbons (Fsp3) is 0.529. The minimum absolute atomic E-state index is 0.106. The molecule has 0 saturated heterocycles. The number of guanidine groups is 1. The van der Waals surface area contributed by atoms with Gasteiger partial charge in [-0.25, -0.2) is 0 Å². The molecule has 1 aromatic rings. The molecule has 6 nitrogen and oxygen atoms in total. The number of nitrogens with one attached hydrogen (secondary N) is 3. The van der Waals surface area contributed by atoms with Gasteiger partial charge in [-0.05, 0) is 44.4 Å². The Kier molecular flexibility index (Phi) is 8.46. The number of carbonyl (C=O) groups is 1. The fourth-order valence-corrected chi connectivity index (χ4v) is 2.01. The molecule has 0 aliphatic rings. The maximum atomic E-state index is 12.0. The van der Waals surface area contributed by atoms with E-state index in [9.17, 15) is 4.79 Å². The predicted molar refractivity (Wildman–Crippen MR) is 102 cm³/mol. The van der Waals surface area contributed by atoms with Crippen LogP contribution in [0, 0.1) is 0 Å². The summed E-state index contributed by atoms with van der Waals surface area (Å²) in [5.74, 6) is 1.36. The van der Waals surface area contributed by atoms with Gasteiger partial charge in [0.1, 0.15) is 5.75 Å². The summed E-state index contributed by atoms with van der Waals surface area (Å²) in [6, 6.07) is 7.03. The van der Waals surface area contributed by atoms with Crippen LogP contribution in [0.15, 0.2) is 29.3 Å². The minimum atomic E-state index is -0.106. The molecular formula is C17H28N4O2S. The van der Waals surface area contributed by atoms with E-state index in [2.05, 4.69) is 41.0 Å². The highest BCUT2D eigenvalue weighted by Crippen LogP contribution is 2.19. The number of hydrogen-bond donors (Lipinski definition) is 3. The van der Waals surface area contributed by atoms with Crippen LogP contribution in [0.5, 0.6) is 5.75 Å². The van der Waals surface area contributed by atoms with Crippen molar-refractivity contribution in [3.05, 3.63) is 29.8 Å². The van der Waals surface area contributed by atoms with E-state index in [1.54, 1.807) is 50.2 Å². The second kappa shape index (κ2) is 10.1. The largest absolute Gasteiger partial charge is 0.497 e. The van der Waals surface area contributed by atoms with Crippen molar-refractivity contribution in [2.45, 2.75) is 18.6 Å². The van der Waals surface area contributed by atoms with Crippen LogP contribution >= 0.6 is 11.8 Å². The van der Waals surface area contributed by atoms with Crippen molar-refractivity contribution in [2.75, 3.05) is 40.0 Å². The zero-order valence-corrected chi connectivity index (χ0v) is 15.9. The van der Waals surface area contributed by atoms with Crippen molar-refractivity contribution >= 4 is 23.6 Å². The van der Waals surface area contributed by atoms with Crippen molar-refractivity contribution in [3.8, 4) is 5.75 Å². The molecular weight excluding hydrogens is 324 g/mol. The highest BCUT2D eigenvalue weighted by Gasteiger charge is 2.15. The van der Waals surface area contributed by atoms with Gasteiger partial charge in [0.2, 0.25) is 0 Å². The smallest absolute Gasteiger partial charge is 0.251 e. The lowest BCUT2D eigenvalue weighted by Gasteiger charge is -2.23. The molecule has 3 N–H and O–H groups in total. The average Bonchev–Trinajstić information content (AvgIpc) is 2.61. The summed E-state index contributed by atoms with van der Waals surface area (Å²) in [4.78, 5) is 16.2. The minimum Gasteiger partial charge on any atom is -0.497 e. The Bertz CT molecular complexity index is 544. The topological polar surface area (TPSA) is 74.8 Å². The predicted octanol–water partition coefficient (Wildman–Crippen LogP) is 1.73. The molecule has 0 atom stereocenters. The number of ether oxygens (including phenoxy) is 1. The molecule has 0 aliphatic heterocycles. The lowest BCUT2D eigenvalue weighted by Crippen LogP contribution is -2.45. The van der Waals surface area contributed by atoms with Gasteiger partial charge in [0.15, 0.2) is 5.96 Å². The molecule has 0 radical (unpaired) electrons. The highest BCUT2D eigenvalue weighted by molar-refractivity contribution is 7.99. The molecule has 134 valence electrons. The summed E-state index contributed by atoms with van der Waals surface area (Å²) < 4.78 is 5.22. The lowest BCUT2D eigenvalue weighted by molar-refractivity contribution is 0.0954. The third-order valence-corrected chi connectivity index (χ3v) is 4.76. The highest BCUT2D eigenvalue weighted by atomic mass is 32.2. The second-order valence-corrected chi connectivity index (χ2v) is 7.31. The first-order chi connectivity index (χ1) is 11.4. The molecule has 1 rings (SSSR count). The maximum absolute atomic E-state index is 12.0. The standard InChI is InChI=1S/C17H28N4O2S/c1-17(2,24-5)12-21-16(18-3)20-11-10-19-15(22)13-6-8-14(23-4)9-7-13/h6-9H,10-12H2,1-5H3,(H,19,22)(H2,18,20,21). The van der Waals surface area contributed by atoms with E-state index in [1.165, 1.54) is 0 Å². The third kappa shape index (κ3) is 7.12. The summed E-state index contributed by atoms with van der Waals surface area (Å²) in [7, 11) is 3.33. The van der Waals surface area contributed by atoms with E-state index in [4.69, 9.17) is 4.74 Å². The number of nitrogens with zero attached hydrogens (tertiary/aromatic N) is 1. The molecule has 0 saturated carbocycles. The Hall–Kier alpha value is -1.89. The van der Waals surface area contributed by atoms with E-state index in [0.717, 1.165) is 18.3 Å². The number of thioether (sulfide) groups is 1. The third-order valence-electron chi connectivity index (χ3n) is 3.51. The average molecular weight is 353 g/mol. The summed E-state index contributed by atoms with van der Waals surface area (Å²) >= 11 is 1.80. The van der Waals surface area contributed by atoms with E-state index in [0.29, 0.717) is 18.7 Å². The van der Waals surface area contributed by atoms with Crippen LogP contribution in [0.3, 0.4) is 0 Å². The van der Waals surface area contributed by atoms with Crippen LogP contribution < -0.4 is 20.7 Å². The summed E-state index contributed by atoms with van der Waals surface area (Å²) in [6.45, 7) is 6.27. The van der Waals surface area contributed by atoms with Gasteiger partial charge in [-0.1, -0.05) is 0 Å². The van der Waals surface area contributed by atoms with Crippen LogP contribution in [0.2, 0.25) is 0 Å². The van der Waals surface area contributed by atoms with E-state index >= 15 is 0 Å². The molecule has 0 fully saturated rings. The van der Waals surface area contributed by atoms with Crippen LogP contribution in [0.25, 0.3) is 0 Å². The van der Waals surface area contributed by atoms with Crippen LogP contribution in [0.1, 0.15) is 24.2 Å². The summed E-state index contributed by atoms with van der Waals surface area (Å²) in [6.07, 6.45) is 2.09. The van der Waals surface area contributed by atoms with Gasteiger partial charge in [-0.3, -0.25) is 9.79 Å². The summed E-state index contributed by atoms with van der Waals surface area (Å²) in [5, 5.41) is 9.34. The SMILES string of the molecule is CN=C(NCCNC(=O)c1ccc(OC)cc1)NCC(C)(C)SC. The fourth-order valence-electron chi connectivity index (χ4n) is 1.79. The lowest BCUT2D eigenvalue weighted by atomic mass is 10.2. The number of carbonyl (C=O) groups excluding carboxylic acids is 1. The van der Waals surface area contributed by atoms with Crippen molar-refractivity contribution < 1.29 is 9.53 Å². The summed E-state index contributed by atoms with van der Waals surface area (Å²) in [5.41, 5.74) is 0.611. The van der Waals surface area contributed by atoms with Crippen LogP contribution in [-0.2, 0) is 0 Å². The Labute approximate surface area is 148 Å². The van der Waals surface area contributed by atoms with Crippen molar-refractivity contribution in [2.24, 2.45) is 4.99 Å². The maximum Gasteiger partial charge on any atom is 0.251 e. The van der Waals surface area contributed by atoms with E-state index in [1.807, 2.05) is 0 Å². The Morgan fingerprint density at radius 1 is 1.17 bits per heavy atom. The Balaban J connectivity index is 2.31. The zero-order valence-electron chi connectivity index (χ0n) is 15.1. The van der Waals surface area contributed by atoms with Gasteiger partial charge in [0.05, 0.1) is 7.11 Å². The molecule has 7 heteroatoms. The van der Waals surface area contributed by atoms with E-state index in [-0.39, 0.29) is 10.7 Å². The molecule has 1 amide bonds. The first-order valence-electron chi connectivity index (χ1n) is 7.84. The number of hydrogen-bond acceptors (Lipinski definition) is 4. The van der Waals surface area contributed by atoms with Crippen molar-refractivity contribution in [3.63, 3.8) is 0 Å².